The van der Waals surface area contributed by atoms with Crippen molar-refractivity contribution < 1.29 is 9.11 Å². The van der Waals surface area contributed by atoms with Gasteiger partial charge in [0, 0.05) is 5.56 Å². The molecule has 0 bridgehead atoms. The molecular formula is C6H8BrN3O2S. The molecule has 0 spiro atoms. The molecule has 0 atom stereocenters. The van der Waals surface area contributed by atoms with E-state index in [1.54, 1.807) is 6.07 Å². The van der Waals surface area contributed by atoms with Gasteiger partial charge in [0.15, 0.2) is 0 Å². The van der Waals surface area contributed by atoms with E-state index in [4.69, 9.17) is 5.73 Å². The van der Waals surface area contributed by atoms with Crippen molar-refractivity contribution in [2.24, 2.45) is 0 Å². The molecule has 2 rings (SSSR count). The number of hydrogen-bond donors (Lipinski definition) is 4. The first-order valence-electron chi connectivity index (χ1n) is 3.46. The lowest BCUT2D eigenvalue weighted by molar-refractivity contribution is 0.496. The van der Waals surface area contributed by atoms with Gasteiger partial charge in [-0.2, -0.15) is 0 Å². The van der Waals surface area contributed by atoms with Crippen molar-refractivity contribution in [1.82, 2.24) is 4.98 Å². The fourth-order valence-electron chi connectivity index (χ4n) is 1.23. The molecule has 2 heterocycles. The quantitative estimate of drug-likeness (QED) is 0.539. The van der Waals surface area contributed by atoms with Gasteiger partial charge in [-0.15, -0.1) is 10.8 Å². The molecule has 0 aromatic carbocycles. The fraction of sp³-hybridized carbons (Fsp3) is 0.167. The topological polar surface area (TPSA) is 91.4 Å². The second kappa shape index (κ2) is 2.74. The van der Waals surface area contributed by atoms with Crippen molar-refractivity contribution in [2.75, 3.05) is 10.5 Å². The van der Waals surface area contributed by atoms with E-state index in [2.05, 4.69) is 25.6 Å². The summed E-state index contributed by atoms with van der Waals surface area (Å²) in [6.07, 6.45) is 0. The van der Waals surface area contributed by atoms with Crippen molar-refractivity contribution in [3.05, 3.63) is 16.2 Å². The largest absolute Gasteiger partial charge is 0.382 e. The number of nitrogens with one attached hydrogen (secondary N) is 1. The van der Waals surface area contributed by atoms with E-state index >= 15 is 0 Å². The number of pyridine rings is 1. The van der Waals surface area contributed by atoms with Crippen LogP contribution in [0.4, 0.5) is 11.5 Å². The van der Waals surface area contributed by atoms with Crippen LogP contribution < -0.4 is 10.5 Å². The molecule has 5 N–H and O–H groups in total. The first-order valence-corrected chi connectivity index (χ1v) is 5.97. The second-order valence-corrected chi connectivity index (χ2v) is 5.42. The average Bonchev–Trinajstić information content (AvgIpc) is 2.23. The van der Waals surface area contributed by atoms with E-state index in [-0.39, 0.29) is 11.6 Å². The summed E-state index contributed by atoms with van der Waals surface area (Å²) >= 11 is 3.18. The number of nitrogens with two attached hydrogens (primary N) is 1. The Bertz CT molecular complexity index is 371. The number of fused-ring (bicyclic) bond motifs is 1. The predicted molar refractivity (Wildman–Crippen MR) is 56.5 cm³/mol. The molecule has 1 aromatic rings. The summed E-state index contributed by atoms with van der Waals surface area (Å²) in [5.74, 6) is 0.468. The predicted octanol–water partition coefficient (Wildman–Crippen LogP) is 2.02. The average molecular weight is 266 g/mol. The second-order valence-electron chi connectivity index (χ2n) is 2.78. The van der Waals surface area contributed by atoms with Gasteiger partial charge in [0.1, 0.15) is 16.1 Å². The minimum atomic E-state index is -2.74. The molecule has 0 aliphatic carbocycles. The van der Waals surface area contributed by atoms with Gasteiger partial charge in [-0.3, -0.25) is 13.8 Å². The van der Waals surface area contributed by atoms with E-state index in [0.29, 0.717) is 10.3 Å². The number of hydrogen-bond acceptors (Lipinski definition) is 5. The summed E-state index contributed by atoms with van der Waals surface area (Å²) < 4.78 is 21.9. The molecule has 5 nitrogen and oxygen atoms in total. The summed E-state index contributed by atoms with van der Waals surface area (Å²) in [5.41, 5.74) is 6.89. The van der Waals surface area contributed by atoms with E-state index in [1.165, 1.54) is 0 Å². The van der Waals surface area contributed by atoms with Crippen LogP contribution in [-0.4, -0.2) is 14.1 Å². The molecular weight excluding hydrogens is 258 g/mol. The van der Waals surface area contributed by atoms with Gasteiger partial charge in [0.2, 0.25) is 0 Å². The van der Waals surface area contributed by atoms with Crippen molar-refractivity contribution in [1.29, 1.82) is 0 Å². The van der Waals surface area contributed by atoms with Gasteiger partial charge in [-0.1, -0.05) is 0 Å². The van der Waals surface area contributed by atoms with Gasteiger partial charge in [-0.25, -0.2) is 4.98 Å². The lowest BCUT2D eigenvalue weighted by Crippen LogP contribution is -2.03. The van der Waals surface area contributed by atoms with Gasteiger partial charge >= 0.3 is 0 Å². The Morgan fingerprint density at radius 1 is 1.62 bits per heavy atom. The third kappa shape index (κ3) is 1.60. The first kappa shape index (κ1) is 9.07. The van der Waals surface area contributed by atoms with Gasteiger partial charge in [0.05, 0.1) is 5.75 Å². The van der Waals surface area contributed by atoms with Gasteiger partial charge in [-0.05, 0) is 22.0 Å². The highest BCUT2D eigenvalue weighted by molar-refractivity contribution is 9.10. The Kier molecular flexibility index (Phi) is 1.91. The number of rotatable bonds is 0. The fourth-order valence-corrected chi connectivity index (χ4v) is 3.00. The molecule has 0 radical (unpaired) electrons. The normalized spacial score (nSPS) is 20.5. The van der Waals surface area contributed by atoms with E-state index in [9.17, 15) is 9.11 Å². The molecule has 72 valence electrons. The number of nitrogen functional groups attached to an aromatic ring is 1. The zero-order chi connectivity index (χ0) is 9.64. The zero-order valence-corrected chi connectivity index (χ0v) is 8.89. The Morgan fingerprint density at radius 3 is 3.00 bits per heavy atom. The zero-order valence-electron chi connectivity index (χ0n) is 6.49. The third-order valence-electron chi connectivity index (χ3n) is 1.72. The minimum Gasteiger partial charge on any atom is -0.382 e. The molecule has 13 heavy (non-hydrogen) atoms. The number of halogens is 1. The molecule has 7 heteroatoms. The number of aromatic nitrogens is 1. The number of nitrogens with zero attached hydrogens (tertiary/aromatic N) is 1. The molecule has 1 aromatic heterocycles. The SMILES string of the molecule is Nc1nc(Br)cc2c1NS(O)(O)C2. The summed E-state index contributed by atoms with van der Waals surface area (Å²) in [6.45, 7) is 0. The Hall–Kier alpha value is -0.500. The number of anilines is 2. The van der Waals surface area contributed by atoms with E-state index < -0.39 is 10.8 Å². The van der Waals surface area contributed by atoms with Gasteiger partial charge in [0.25, 0.3) is 0 Å². The van der Waals surface area contributed by atoms with Crippen LogP contribution in [0.25, 0.3) is 0 Å². The third-order valence-corrected chi connectivity index (χ3v) is 3.37. The maximum absolute atomic E-state index is 9.36. The van der Waals surface area contributed by atoms with Crippen LogP contribution in [0, 0.1) is 0 Å². The smallest absolute Gasteiger partial charge is 0.150 e. The van der Waals surface area contributed by atoms with E-state index in [0.717, 1.165) is 5.56 Å². The Balaban J connectivity index is 2.52. The van der Waals surface area contributed by atoms with Crippen LogP contribution in [0.1, 0.15) is 5.56 Å². The Morgan fingerprint density at radius 2 is 2.31 bits per heavy atom. The highest BCUT2D eigenvalue weighted by atomic mass is 79.9. The van der Waals surface area contributed by atoms with E-state index in [1.807, 2.05) is 0 Å². The summed E-state index contributed by atoms with van der Waals surface area (Å²) in [7, 11) is -2.74. The van der Waals surface area contributed by atoms with Crippen molar-refractivity contribution in [3.63, 3.8) is 0 Å². The van der Waals surface area contributed by atoms with Crippen LogP contribution in [0.3, 0.4) is 0 Å². The first-order chi connectivity index (χ1) is 5.98. The molecule has 0 fully saturated rings. The summed E-state index contributed by atoms with van der Waals surface area (Å²) in [4.78, 5) is 3.93. The van der Waals surface area contributed by atoms with Crippen LogP contribution in [0.15, 0.2) is 10.7 Å². The van der Waals surface area contributed by atoms with Crippen LogP contribution >= 0.6 is 26.7 Å². The highest BCUT2D eigenvalue weighted by Crippen LogP contribution is 2.52. The maximum atomic E-state index is 9.36. The summed E-state index contributed by atoms with van der Waals surface area (Å²) in [6, 6.07) is 1.72. The highest BCUT2D eigenvalue weighted by Gasteiger charge is 2.26. The molecule has 0 amide bonds. The monoisotopic (exact) mass is 265 g/mol. The summed E-state index contributed by atoms with van der Waals surface area (Å²) in [5, 5.41) is 0. The van der Waals surface area contributed by atoms with Crippen LogP contribution in [-0.2, 0) is 5.75 Å². The van der Waals surface area contributed by atoms with Crippen LogP contribution in [0.2, 0.25) is 0 Å². The molecule has 0 unspecified atom stereocenters. The molecule has 1 aliphatic heterocycles. The molecule has 0 saturated heterocycles. The molecule has 1 aliphatic rings. The lowest BCUT2D eigenvalue weighted by atomic mass is 10.2. The lowest BCUT2D eigenvalue weighted by Gasteiger charge is -2.26. The van der Waals surface area contributed by atoms with Crippen molar-refractivity contribution in [2.45, 2.75) is 5.75 Å². The Labute approximate surface area is 85.0 Å². The molecule has 0 saturated carbocycles. The minimum absolute atomic E-state index is 0.188. The van der Waals surface area contributed by atoms with Crippen molar-refractivity contribution >= 4 is 38.2 Å². The van der Waals surface area contributed by atoms with Gasteiger partial charge < -0.3 is 5.73 Å². The van der Waals surface area contributed by atoms with Crippen LogP contribution in [0.5, 0.6) is 0 Å². The standard InChI is InChI=1S/C6H8BrN3O2S/c7-4-1-3-2-13(11,12)10-5(3)6(8)9-4/h1,10-12H,2H2,(H2,8,9). The maximum Gasteiger partial charge on any atom is 0.150 e. The van der Waals surface area contributed by atoms with Crippen molar-refractivity contribution in [3.8, 4) is 0 Å².